The van der Waals surface area contributed by atoms with Crippen molar-refractivity contribution in [2.45, 2.75) is 18.9 Å². The Morgan fingerprint density at radius 2 is 2.05 bits per heavy atom. The average molecular weight is 260 g/mol. The number of piperazine rings is 1. The van der Waals surface area contributed by atoms with Crippen molar-refractivity contribution in [2.75, 3.05) is 19.6 Å². The summed E-state index contributed by atoms with van der Waals surface area (Å²) < 4.78 is 0. The van der Waals surface area contributed by atoms with Crippen LogP contribution in [0.3, 0.4) is 0 Å². The predicted octanol–water partition coefficient (Wildman–Crippen LogP) is 0.839. The first-order valence-electron chi connectivity index (χ1n) is 6.53. The van der Waals surface area contributed by atoms with Crippen molar-refractivity contribution in [3.05, 3.63) is 29.8 Å². The van der Waals surface area contributed by atoms with Crippen LogP contribution in [0.2, 0.25) is 0 Å². The van der Waals surface area contributed by atoms with Crippen molar-refractivity contribution in [2.24, 2.45) is 0 Å². The lowest BCUT2D eigenvalue weighted by Gasteiger charge is -2.37. The number of benzene rings is 1. The molecule has 0 radical (unpaired) electrons. The molecule has 1 aromatic rings. The zero-order valence-corrected chi connectivity index (χ0v) is 10.6. The number of carbonyl (C=O) groups excluding carboxylic acids is 2. The lowest BCUT2D eigenvalue weighted by atomic mass is 10.1. The third kappa shape index (κ3) is 2.05. The van der Waals surface area contributed by atoms with Crippen LogP contribution in [-0.2, 0) is 4.79 Å². The van der Waals surface area contributed by atoms with Crippen LogP contribution in [0, 0.1) is 0 Å². The van der Waals surface area contributed by atoms with Gasteiger partial charge in [0.2, 0.25) is 5.91 Å². The largest absolute Gasteiger partial charge is 0.507 e. The van der Waals surface area contributed by atoms with Crippen LogP contribution >= 0.6 is 0 Å². The number of hydrogen-bond donors (Lipinski definition) is 1. The summed E-state index contributed by atoms with van der Waals surface area (Å²) in [7, 11) is 0. The molecule has 2 aliphatic heterocycles. The second kappa shape index (κ2) is 4.57. The molecule has 5 heteroatoms. The second-order valence-corrected chi connectivity index (χ2v) is 5.05. The van der Waals surface area contributed by atoms with E-state index in [2.05, 4.69) is 0 Å². The number of phenols is 1. The first kappa shape index (κ1) is 12.0. The third-order valence-corrected chi connectivity index (χ3v) is 3.92. The zero-order chi connectivity index (χ0) is 13.4. The molecule has 19 heavy (non-hydrogen) atoms. The first-order valence-corrected chi connectivity index (χ1v) is 6.53. The maximum atomic E-state index is 12.4. The minimum Gasteiger partial charge on any atom is -0.507 e. The molecule has 2 saturated heterocycles. The number of fused-ring (bicyclic) bond motifs is 1. The summed E-state index contributed by atoms with van der Waals surface area (Å²) in [6.07, 6.45) is 1.41. The Morgan fingerprint density at radius 3 is 2.84 bits per heavy atom. The van der Waals surface area contributed by atoms with Gasteiger partial charge in [0, 0.05) is 32.1 Å². The molecule has 0 spiro atoms. The summed E-state index contributed by atoms with van der Waals surface area (Å²) in [5.74, 6) is 0.0502. The fourth-order valence-corrected chi connectivity index (χ4v) is 2.87. The smallest absolute Gasteiger partial charge is 0.257 e. The van der Waals surface area contributed by atoms with E-state index < -0.39 is 0 Å². The van der Waals surface area contributed by atoms with Crippen molar-refractivity contribution in [3.8, 4) is 5.75 Å². The predicted molar refractivity (Wildman–Crippen MR) is 68.7 cm³/mol. The Labute approximate surface area is 111 Å². The van der Waals surface area contributed by atoms with Gasteiger partial charge in [0.05, 0.1) is 5.56 Å². The van der Waals surface area contributed by atoms with E-state index in [0.717, 1.165) is 6.42 Å². The molecule has 100 valence electrons. The molecule has 0 saturated carbocycles. The molecule has 1 N–H and O–H groups in total. The normalized spacial score (nSPS) is 22.5. The molecule has 5 nitrogen and oxygen atoms in total. The van der Waals surface area contributed by atoms with Gasteiger partial charge in [-0.15, -0.1) is 0 Å². The third-order valence-electron chi connectivity index (χ3n) is 3.92. The lowest BCUT2D eigenvalue weighted by molar-refractivity contribution is -0.130. The topological polar surface area (TPSA) is 60.9 Å². The molecule has 1 atom stereocenters. The highest BCUT2D eigenvalue weighted by Crippen LogP contribution is 2.25. The number of amides is 2. The van der Waals surface area contributed by atoms with Crippen molar-refractivity contribution >= 4 is 11.8 Å². The fourth-order valence-electron chi connectivity index (χ4n) is 2.87. The van der Waals surface area contributed by atoms with Crippen LogP contribution in [0.15, 0.2) is 24.3 Å². The van der Waals surface area contributed by atoms with Crippen molar-refractivity contribution in [1.82, 2.24) is 9.80 Å². The number of rotatable bonds is 1. The van der Waals surface area contributed by atoms with Gasteiger partial charge < -0.3 is 14.9 Å². The summed E-state index contributed by atoms with van der Waals surface area (Å²) in [5.41, 5.74) is 0.334. The Balaban J connectivity index is 1.76. The molecule has 0 aliphatic carbocycles. The molecule has 2 fully saturated rings. The molecule has 2 heterocycles. The van der Waals surface area contributed by atoms with Gasteiger partial charge in [-0.25, -0.2) is 0 Å². The molecule has 1 unspecified atom stereocenters. The minimum atomic E-state index is -0.155. The molecule has 2 aliphatic rings. The van der Waals surface area contributed by atoms with Crippen LogP contribution in [0.5, 0.6) is 5.75 Å². The maximum Gasteiger partial charge on any atom is 0.257 e. The summed E-state index contributed by atoms with van der Waals surface area (Å²) in [5, 5.41) is 9.73. The van der Waals surface area contributed by atoms with E-state index in [1.807, 2.05) is 4.90 Å². The second-order valence-electron chi connectivity index (χ2n) is 5.05. The van der Waals surface area contributed by atoms with Crippen molar-refractivity contribution < 1.29 is 14.7 Å². The van der Waals surface area contributed by atoms with Gasteiger partial charge in [-0.05, 0) is 18.6 Å². The summed E-state index contributed by atoms with van der Waals surface area (Å²) in [6, 6.07) is 6.73. The Morgan fingerprint density at radius 1 is 1.26 bits per heavy atom. The number of aromatic hydroxyl groups is 1. The zero-order valence-electron chi connectivity index (χ0n) is 10.6. The number of carbonyl (C=O) groups is 2. The van der Waals surface area contributed by atoms with E-state index in [-0.39, 0.29) is 23.6 Å². The van der Waals surface area contributed by atoms with Crippen molar-refractivity contribution in [3.63, 3.8) is 0 Å². The van der Waals surface area contributed by atoms with Crippen LogP contribution in [0.25, 0.3) is 0 Å². The quantitative estimate of drug-likeness (QED) is 0.814. The van der Waals surface area contributed by atoms with Crippen molar-refractivity contribution in [1.29, 1.82) is 0 Å². The molecule has 2 amide bonds. The highest BCUT2D eigenvalue weighted by atomic mass is 16.3. The standard InChI is InChI=1S/C14H16N2O3/c17-12-4-2-1-3-11(12)14(19)15-7-8-16-10(9-15)5-6-13(16)18/h1-4,10,17H,5-9H2. The lowest BCUT2D eigenvalue weighted by Crippen LogP contribution is -2.53. The summed E-state index contributed by atoms with van der Waals surface area (Å²) in [4.78, 5) is 27.5. The molecule has 0 bridgehead atoms. The highest BCUT2D eigenvalue weighted by molar-refractivity contribution is 5.97. The summed E-state index contributed by atoms with van der Waals surface area (Å²) >= 11 is 0. The van der Waals surface area contributed by atoms with E-state index in [9.17, 15) is 14.7 Å². The monoisotopic (exact) mass is 260 g/mol. The van der Waals surface area contributed by atoms with E-state index >= 15 is 0 Å². The van der Waals surface area contributed by atoms with Crippen LogP contribution < -0.4 is 0 Å². The van der Waals surface area contributed by atoms with E-state index in [1.165, 1.54) is 6.07 Å². The SMILES string of the molecule is O=C(c1ccccc1O)N1CCN2C(=O)CCC2C1. The molecular weight excluding hydrogens is 244 g/mol. The average Bonchev–Trinajstić information content (AvgIpc) is 2.80. The van der Waals surface area contributed by atoms with Gasteiger partial charge in [0.1, 0.15) is 5.75 Å². The summed E-state index contributed by atoms with van der Waals surface area (Å²) in [6.45, 7) is 1.71. The minimum absolute atomic E-state index is 0.0115. The van der Waals surface area contributed by atoms with Crippen LogP contribution in [0.4, 0.5) is 0 Å². The highest BCUT2D eigenvalue weighted by Gasteiger charge is 2.37. The molecular formula is C14H16N2O3. The van der Waals surface area contributed by atoms with Crippen LogP contribution in [0.1, 0.15) is 23.2 Å². The molecule has 0 aromatic heterocycles. The number of hydrogen-bond acceptors (Lipinski definition) is 3. The van der Waals surface area contributed by atoms with Gasteiger partial charge in [0.15, 0.2) is 0 Å². The van der Waals surface area contributed by atoms with Gasteiger partial charge in [0.25, 0.3) is 5.91 Å². The number of para-hydroxylation sites is 1. The Kier molecular flexibility index (Phi) is 2.89. The van der Waals surface area contributed by atoms with Gasteiger partial charge in [-0.3, -0.25) is 9.59 Å². The van der Waals surface area contributed by atoms with E-state index in [4.69, 9.17) is 0 Å². The Hall–Kier alpha value is -2.04. The number of phenolic OH excluding ortho intramolecular Hbond substituents is 1. The molecule has 1 aromatic carbocycles. The van der Waals surface area contributed by atoms with Crippen LogP contribution in [-0.4, -0.2) is 52.4 Å². The Bertz CT molecular complexity index is 529. The van der Waals surface area contributed by atoms with E-state index in [0.29, 0.717) is 31.6 Å². The number of nitrogens with zero attached hydrogens (tertiary/aromatic N) is 2. The van der Waals surface area contributed by atoms with E-state index in [1.54, 1.807) is 23.1 Å². The first-order chi connectivity index (χ1) is 9.16. The molecule has 3 rings (SSSR count). The fraction of sp³-hybridized carbons (Fsp3) is 0.429. The van der Waals surface area contributed by atoms with Gasteiger partial charge >= 0.3 is 0 Å². The van der Waals surface area contributed by atoms with Gasteiger partial charge in [-0.2, -0.15) is 0 Å². The van der Waals surface area contributed by atoms with Gasteiger partial charge in [-0.1, -0.05) is 12.1 Å². The maximum absolute atomic E-state index is 12.4.